The third-order valence-electron chi connectivity index (χ3n) is 4.12. The molecule has 0 atom stereocenters. The molecule has 3 rings (SSSR count). The molecule has 0 radical (unpaired) electrons. The van der Waals surface area contributed by atoms with Crippen LogP contribution in [0.5, 0.6) is 5.75 Å². The summed E-state index contributed by atoms with van der Waals surface area (Å²) < 4.78 is 13.4. The lowest BCUT2D eigenvalue weighted by atomic mass is 10.00. The van der Waals surface area contributed by atoms with Crippen molar-refractivity contribution in [3.05, 3.63) is 82.2 Å². The van der Waals surface area contributed by atoms with E-state index in [2.05, 4.69) is 6.07 Å². The lowest BCUT2D eigenvalue weighted by Gasteiger charge is -2.27. The third-order valence-corrected chi connectivity index (χ3v) is 4.41. The van der Waals surface area contributed by atoms with E-state index in [4.69, 9.17) is 11.6 Å². The molecule has 0 aliphatic carbocycles. The van der Waals surface area contributed by atoms with Gasteiger partial charge in [-0.1, -0.05) is 54.1 Å². The number of phenols is 1. The van der Waals surface area contributed by atoms with Gasteiger partial charge in [0.1, 0.15) is 0 Å². The Labute approximate surface area is 150 Å². The number of halogens is 2. The molecule has 1 amide bonds. The van der Waals surface area contributed by atoms with Crippen LogP contribution in [0.3, 0.4) is 0 Å². The molecule has 1 heterocycles. The van der Waals surface area contributed by atoms with Gasteiger partial charge in [0, 0.05) is 19.2 Å². The number of carbonyl (C=O) groups excluding carboxylic acids is 1. The first-order valence-corrected chi connectivity index (χ1v) is 8.31. The van der Waals surface area contributed by atoms with Crippen molar-refractivity contribution in [1.29, 1.82) is 0 Å². The first kappa shape index (κ1) is 17.2. The van der Waals surface area contributed by atoms with Crippen LogP contribution in [0.1, 0.15) is 16.7 Å². The van der Waals surface area contributed by atoms with E-state index in [0.717, 1.165) is 6.42 Å². The molecule has 2 aromatic carbocycles. The van der Waals surface area contributed by atoms with Crippen LogP contribution in [-0.2, 0) is 17.8 Å². The van der Waals surface area contributed by atoms with Crippen LogP contribution in [0.4, 0.5) is 4.39 Å². The number of aromatic hydroxyl groups is 1. The summed E-state index contributed by atoms with van der Waals surface area (Å²) in [5.74, 6) is -1.40. The summed E-state index contributed by atoms with van der Waals surface area (Å²) in [6.45, 7) is 1.31. The van der Waals surface area contributed by atoms with E-state index in [1.807, 2.05) is 18.2 Å². The van der Waals surface area contributed by atoms with E-state index in [1.165, 1.54) is 29.3 Å². The minimum Gasteiger partial charge on any atom is -0.504 e. The van der Waals surface area contributed by atoms with Crippen molar-refractivity contribution in [3.63, 3.8) is 0 Å². The Hall–Kier alpha value is -2.59. The molecule has 0 aromatic heterocycles. The van der Waals surface area contributed by atoms with Crippen LogP contribution < -0.4 is 0 Å². The van der Waals surface area contributed by atoms with Gasteiger partial charge in [-0.15, -0.1) is 0 Å². The SMILES string of the molecule is O=C(/C=C/C=C/c1cc(F)c(O)c(Cl)c1)N1CCc2ccccc2C1. The highest BCUT2D eigenvalue weighted by Crippen LogP contribution is 2.28. The van der Waals surface area contributed by atoms with Gasteiger partial charge in [-0.05, 0) is 35.2 Å². The third kappa shape index (κ3) is 4.09. The minimum absolute atomic E-state index is 0.0494. The van der Waals surface area contributed by atoms with E-state index in [1.54, 1.807) is 23.1 Å². The topological polar surface area (TPSA) is 40.5 Å². The van der Waals surface area contributed by atoms with E-state index >= 15 is 0 Å². The molecule has 5 heteroatoms. The smallest absolute Gasteiger partial charge is 0.246 e. The van der Waals surface area contributed by atoms with Crippen LogP contribution in [-0.4, -0.2) is 22.5 Å². The van der Waals surface area contributed by atoms with Crippen LogP contribution in [0, 0.1) is 5.82 Å². The van der Waals surface area contributed by atoms with Crippen molar-refractivity contribution in [2.45, 2.75) is 13.0 Å². The molecular formula is C20H17ClFNO2. The number of amides is 1. The number of rotatable bonds is 3. The lowest BCUT2D eigenvalue weighted by Crippen LogP contribution is -2.34. The lowest BCUT2D eigenvalue weighted by molar-refractivity contribution is -0.126. The van der Waals surface area contributed by atoms with Gasteiger partial charge >= 0.3 is 0 Å². The second-order valence-electron chi connectivity index (χ2n) is 5.83. The Bertz CT molecular complexity index is 838. The Kier molecular flexibility index (Phi) is 5.19. The van der Waals surface area contributed by atoms with Gasteiger partial charge in [-0.2, -0.15) is 0 Å². The molecule has 128 valence electrons. The van der Waals surface area contributed by atoms with Crippen molar-refractivity contribution < 1.29 is 14.3 Å². The maximum absolute atomic E-state index is 13.4. The molecule has 1 aliphatic heterocycles. The minimum atomic E-state index is -0.779. The van der Waals surface area contributed by atoms with Gasteiger partial charge in [0.2, 0.25) is 5.91 Å². The van der Waals surface area contributed by atoms with E-state index in [9.17, 15) is 14.3 Å². The van der Waals surface area contributed by atoms with E-state index in [-0.39, 0.29) is 10.9 Å². The number of carbonyl (C=O) groups is 1. The monoisotopic (exact) mass is 357 g/mol. The maximum atomic E-state index is 13.4. The Morgan fingerprint density at radius 2 is 1.96 bits per heavy atom. The van der Waals surface area contributed by atoms with Gasteiger partial charge in [-0.3, -0.25) is 4.79 Å². The van der Waals surface area contributed by atoms with Crippen molar-refractivity contribution in [2.75, 3.05) is 6.54 Å². The number of phenolic OH excluding ortho intramolecular Hbond substituents is 1. The zero-order valence-electron chi connectivity index (χ0n) is 13.5. The molecule has 0 fully saturated rings. The summed E-state index contributed by atoms with van der Waals surface area (Å²) in [4.78, 5) is 14.1. The Balaban J connectivity index is 1.62. The summed E-state index contributed by atoms with van der Waals surface area (Å²) in [5.41, 5.74) is 2.98. The van der Waals surface area contributed by atoms with Crippen LogP contribution >= 0.6 is 11.6 Å². The number of allylic oxidation sites excluding steroid dienone is 2. The molecule has 25 heavy (non-hydrogen) atoms. The first-order valence-electron chi connectivity index (χ1n) is 7.93. The number of benzene rings is 2. The quantitative estimate of drug-likeness (QED) is 0.655. The maximum Gasteiger partial charge on any atom is 0.246 e. The molecule has 0 spiro atoms. The molecule has 1 N–H and O–H groups in total. The summed E-state index contributed by atoms with van der Waals surface area (Å²) in [6, 6.07) is 10.8. The standard InChI is InChI=1S/C20H17ClFNO2/c21-17-11-14(12-18(22)20(17)25)5-1-4-8-19(24)23-10-9-15-6-2-3-7-16(15)13-23/h1-8,11-12,25H,9-10,13H2/b5-1+,8-4+. The molecule has 3 nitrogen and oxygen atoms in total. The number of hydrogen-bond donors (Lipinski definition) is 1. The molecule has 0 bridgehead atoms. The zero-order valence-corrected chi connectivity index (χ0v) is 14.2. The number of fused-ring (bicyclic) bond motifs is 1. The average molecular weight is 358 g/mol. The normalized spacial score (nSPS) is 14.2. The van der Waals surface area contributed by atoms with Crippen LogP contribution in [0.2, 0.25) is 5.02 Å². The van der Waals surface area contributed by atoms with Crippen molar-refractivity contribution in [2.24, 2.45) is 0 Å². The van der Waals surface area contributed by atoms with Crippen LogP contribution in [0.15, 0.2) is 54.6 Å². The van der Waals surface area contributed by atoms with Gasteiger partial charge in [0.05, 0.1) is 5.02 Å². The molecule has 0 unspecified atom stereocenters. The zero-order chi connectivity index (χ0) is 17.8. The van der Waals surface area contributed by atoms with Gasteiger partial charge in [0.15, 0.2) is 11.6 Å². The molecule has 2 aromatic rings. The molecular weight excluding hydrogens is 341 g/mol. The second kappa shape index (κ2) is 7.53. The highest BCUT2D eigenvalue weighted by Gasteiger charge is 2.18. The van der Waals surface area contributed by atoms with Gasteiger partial charge < -0.3 is 10.0 Å². The number of hydrogen-bond acceptors (Lipinski definition) is 2. The van der Waals surface area contributed by atoms with Crippen molar-refractivity contribution >= 4 is 23.6 Å². The largest absolute Gasteiger partial charge is 0.504 e. The second-order valence-corrected chi connectivity index (χ2v) is 6.24. The average Bonchev–Trinajstić information content (AvgIpc) is 2.62. The highest BCUT2D eigenvalue weighted by molar-refractivity contribution is 6.32. The van der Waals surface area contributed by atoms with Gasteiger partial charge in [0.25, 0.3) is 0 Å². The summed E-state index contributed by atoms with van der Waals surface area (Å²) in [5, 5.41) is 9.24. The van der Waals surface area contributed by atoms with E-state index < -0.39 is 11.6 Å². The van der Waals surface area contributed by atoms with Crippen molar-refractivity contribution in [1.82, 2.24) is 4.90 Å². The molecule has 1 aliphatic rings. The summed E-state index contributed by atoms with van der Waals surface area (Å²) in [6.07, 6.45) is 7.21. The number of nitrogens with zero attached hydrogens (tertiary/aromatic N) is 1. The van der Waals surface area contributed by atoms with Crippen LogP contribution in [0.25, 0.3) is 6.08 Å². The summed E-state index contributed by atoms with van der Waals surface area (Å²) in [7, 11) is 0. The Morgan fingerprint density at radius 1 is 1.20 bits per heavy atom. The predicted molar refractivity (Wildman–Crippen MR) is 96.8 cm³/mol. The molecule has 0 saturated heterocycles. The first-order chi connectivity index (χ1) is 12.0. The fraction of sp³-hybridized carbons (Fsp3) is 0.150. The molecule has 0 saturated carbocycles. The fourth-order valence-corrected chi connectivity index (χ4v) is 2.99. The Morgan fingerprint density at radius 3 is 2.72 bits per heavy atom. The highest BCUT2D eigenvalue weighted by atomic mass is 35.5. The summed E-state index contributed by atoms with van der Waals surface area (Å²) >= 11 is 5.72. The predicted octanol–water partition coefficient (Wildman–Crippen LogP) is 4.34. The van der Waals surface area contributed by atoms with Gasteiger partial charge in [-0.25, -0.2) is 4.39 Å². The fourth-order valence-electron chi connectivity index (χ4n) is 2.78. The van der Waals surface area contributed by atoms with E-state index in [0.29, 0.717) is 18.7 Å². The van der Waals surface area contributed by atoms with Crippen molar-refractivity contribution in [3.8, 4) is 5.75 Å².